The first-order valence-electron chi connectivity index (χ1n) is 8.52. The minimum absolute atomic E-state index is 0.111. The fraction of sp³-hybridized carbons (Fsp3) is 0.0909. The molecule has 5 heteroatoms. The first-order valence-corrected chi connectivity index (χ1v) is 8.52. The summed E-state index contributed by atoms with van der Waals surface area (Å²) in [6.07, 6.45) is 3.25. The number of hydrogen-bond acceptors (Lipinski definition) is 4. The smallest absolute Gasteiger partial charge is 0.277 e. The lowest BCUT2D eigenvalue weighted by molar-refractivity contribution is -0.123. The molecule has 0 atom stereocenters. The van der Waals surface area contributed by atoms with Gasteiger partial charge in [0, 0.05) is 5.39 Å². The van der Waals surface area contributed by atoms with Gasteiger partial charge in [-0.15, -0.1) is 0 Å². The molecule has 0 spiro atoms. The van der Waals surface area contributed by atoms with Gasteiger partial charge in [-0.25, -0.2) is 5.43 Å². The molecule has 5 nitrogen and oxygen atoms in total. The number of benzene rings is 3. The van der Waals surface area contributed by atoms with Crippen LogP contribution in [-0.2, 0) is 4.79 Å². The molecule has 136 valence electrons. The van der Waals surface area contributed by atoms with Crippen LogP contribution in [-0.4, -0.2) is 25.3 Å². The standard InChI is InChI=1S/C22H20N2O3/c1-2-14-26-19-12-10-17(11-13-19)15-23-24-22(25)16-27-21-9-5-7-18-6-3-4-8-20(18)21/h2-13,15H,1,14,16H2,(H,24,25)/b23-15-. The van der Waals surface area contributed by atoms with Crippen molar-refractivity contribution in [2.75, 3.05) is 13.2 Å². The van der Waals surface area contributed by atoms with Gasteiger partial charge in [-0.3, -0.25) is 4.79 Å². The molecule has 0 saturated carbocycles. The monoisotopic (exact) mass is 360 g/mol. The molecule has 0 aliphatic carbocycles. The lowest BCUT2D eigenvalue weighted by Crippen LogP contribution is -2.24. The number of carbonyl (C=O) groups is 1. The van der Waals surface area contributed by atoms with Gasteiger partial charge >= 0.3 is 0 Å². The van der Waals surface area contributed by atoms with Crippen molar-refractivity contribution < 1.29 is 14.3 Å². The number of nitrogens with zero attached hydrogens (tertiary/aromatic N) is 1. The van der Waals surface area contributed by atoms with Crippen molar-refractivity contribution in [2.24, 2.45) is 5.10 Å². The second-order valence-electron chi connectivity index (χ2n) is 5.73. The Morgan fingerprint density at radius 2 is 1.78 bits per heavy atom. The topological polar surface area (TPSA) is 59.9 Å². The van der Waals surface area contributed by atoms with Crippen LogP contribution in [0.2, 0.25) is 0 Å². The SMILES string of the molecule is C=CCOc1ccc(/C=N\NC(=O)COc2cccc3ccccc23)cc1. The number of carbonyl (C=O) groups excluding carboxylic acids is 1. The zero-order chi connectivity index (χ0) is 18.9. The molecule has 3 aromatic rings. The van der Waals surface area contributed by atoms with Gasteiger partial charge in [0.1, 0.15) is 18.1 Å². The zero-order valence-corrected chi connectivity index (χ0v) is 14.8. The molecule has 0 aromatic heterocycles. The summed E-state index contributed by atoms with van der Waals surface area (Å²) in [4.78, 5) is 11.9. The Morgan fingerprint density at radius 1 is 1.00 bits per heavy atom. The van der Waals surface area contributed by atoms with E-state index in [2.05, 4.69) is 17.1 Å². The summed E-state index contributed by atoms with van der Waals surface area (Å²) in [5.74, 6) is 1.09. The molecule has 0 fully saturated rings. The third kappa shape index (κ3) is 5.19. The van der Waals surface area contributed by atoms with Crippen LogP contribution in [0.3, 0.4) is 0 Å². The van der Waals surface area contributed by atoms with Crippen LogP contribution < -0.4 is 14.9 Å². The Morgan fingerprint density at radius 3 is 2.59 bits per heavy atom. The molecule has 0 aliphatic heterocycles. The quantitative estimate of drug-likeness (QED) is 0.376. The molecular formula is C22H20N2O3. The summed E-state index contributed by atoms with van der Waals surface area (Å²) in [7, 11) is 0. The maximum atomic E-state index is 11.9. The Kier molecular flexibility index (Phi) is 6.20. The van der Waals surface area contributed by atoms with Gasteiger partial charge in [-0.2, -0.15) is 5.10 Å². The van der Waals surface area contributed by atoms with Crippen molar-refractivity contribution in [1.29, 1.82) is 0 Å². The lowest BCUT2D eigenvalue weighted by atomic mass is 10.1. The van der Waals surface area contributed by atoms with Gasteiger partial charge in [0.15, 0.2) is 6.61 Å². The third-order valence-electron chi connectivity index (χ3n) is 3.76. The van der Waals surface area contributed by atoms with Crippen molar-refractivity contribution in [2.45, 2.75) is 0 Å². The minimum atomic E-state index is -0.329. The van der Waals surface area contributed by atoms with Gasteiger partial charge in [-0.1, -0.05) is 49.1 Å². The maximum absolute atomic E-state index is 11.9. The van der Waals surface area contributed by atoms with Crippen LogP contribution in [0.5, 0.6) is 11.5 Å². The molecule has 0 aliphatic rings. The number of rotatable bonds is 8. The summed E-state index contributed by atoms with van der Waals surface area (Å²) >= 11 is 0. The second-order valence-corrected chi connectivity index (χ2v) is 5.73. The number of hydrogen-bond donors (Lipinski definition) is 1. The molecule has 0 bridgehead atoms. The lowest BCUT2D eigenvalue weighted by Gasteiger charge is -2.08. The van der Waals surface area contributed by atoms with Crippen LogP contribution in [0, 0.1) is 0 Å². The van der Waals surface area contributed by atoms with E-state index in [9.17, 15) is 4.79 Å². The van der Waals surface area contributed by atoms with Crippen LogP contribution in [0.4, 0.5) is 0 Å². The van der Waals surface area contributed by atoms with E-state index in [-0.39, 0.29) is 12.5 Å². The first-order chi connectivity index (χ1) is 13.3. The van der Waals surface area contributed by atoms with E-state index < -0.39 is 0 Å². The number of nitrogens with one attached hydrogen (secondary N) is 1. The van der Waals surface area contributed by atoms with E-state index in [0.717, 1.165) is 22.1 Å². The highest BCUT2D eigenvalue weighted by molar-refractivity contribution is 5.89. The highest BCUT2D eigenvalue weighted by Gasteiger charge is 2.04. The predicted molar refractivity (Wildman–Crippen MR) is 107 cm³/mol. The number of fused-ring (bicyclic) bond motifs is 1. The Balaban J connectivity index is 1.50. The average molecular weight is 360 g/mol. The van der Waals surface area contributed by atoms with Gasteiger partial charge < -0.3 is 9.47 Å². The summed E-state index contributed by atoms with van der Waals surface area (Å²) in [5, 5.41) is 5.98. The van der Waals surface area contributed by atoms with Crippen LogP contribution in [0.15, 0.2) is 84.5 Å². The molecule has 1 amide bonds. The van der Waals surface area contributed by atoms with E-state index in [1.165, 1.54) is 0 Å². The van der Waals surface area contributed by atoms with Crippen molar-refractivity contribution >= 4 is 22.9 Å². The number of ether oxygens (including phenoxy) is 2. The molecule has 0 saturated heterocycles. The van der Waals surface area contributed by atoms with Gasteiger partial charge in [0.2, 0.25) is 0 Å². The molecule has 0 heterocycles. The van der Waals surface area contributed by atoms with E-state index in [1.807, 2.05) is 66.7 Å². The average Bonchev–Trinajstić information content (AvgIpc) is 2.71. The number of hydrazone groups is 1. The third-order valence-corrected chi connectivity index (χ3v) is 3.76. The first kappa shape index (κ1) is 18.2. The van der Waals surface area contributed by atoms with E-state index in [1.54, 1.807) is 12.3 Å². The summed E-state index contributed by atoms with van der Waals surface area (Å²) < 4.78 is 11.0. The summed E-state index contributed by atoms with van der Waals surface area (Å²) in [6, 6.07) is 21.0. The predicted octanol–water partition coefficient (Wildman–Crippen LogP) is 3.93. The Hall–Kier alpha value is -3.60. The molecule has 3 aromatic carbocycles. The van der Waals surface area contributed by atoms with Gasteiger partial charge in [0.25, 0.3) is 5.91 Å². The fourth-order valence-electron chi connectivity index (χ4n) is 2.48. The molecule has 0 unspecified atom stereocenters. The molecular weight excluding hydrogens is 340 g/mol. The normalized spacial score (nSPS) is 10.7. The van der Waals surface area contributed by atoms with Crippen LogP contribution in [0.25, 0.3) is 10.8 Å². The summed E-state index contributed by atoms with van der Waals surface area (Å²) in [5.41, 5.74) is 3.30. The highest BCUT2D eigenvalue weighted by atomic mass is 16.5. The molecule has 3 rings (SSSR count). The van der Waals surface area contributed by atoms with E-state index in [0.29, 0.717) is 12.4 Å². The van der Waals surface area contributed by atoms with Crippen LogP contribution >= 0.6 is 0 Å². The minimum Gasteiger partial charge on any atom is -0.490 e. The summed E-state index contributed by atoms with van der Waals surface area (Å²) in [6.45, 7) is 3.95. The van der Waals surface area contributed by atoms with E-state index in [4.69, 9.17) is 9.47 Å². The Labute approximate surface area is 157 Å². The number of amides is 1. The van der Waals surface area contributed by atoms with Crippen molar-refractivity contribution in [3.63, 3.8) is 0 Å². The maximum Gasteiger partial charge on any atom is 0.277 e. The Bertz CT molecular complexity index is 944. The van der Waals surface area contributed by atoms with E-state index >= 15 is 0 Å². The second kappa shape index (κ2) is 9.20. The van der Waals surface area contributed by atoms with Gasteiger partial charge in [0.05, 0.1) is 6.21 Å². The highest BCUT2D eigenvalue weighted by Crippen LogP contribution is 2.24. The van der Waals surface area contributed by atoms with Crippen LogP contribution in [0.1, 0.15) is 5.56 Å². The largest absolute Gasteiger partial charge is 0.490 e. The molecule has 1 N–H and O–H groups in total. The van der Waals surface area contributed by atoms with Gasteiger partial charge in [-0.05, 0) is 41.3 Å². The van der Waals surface area contributed by atoms with Crippen molar-refractivity contribution in [3.05, 3.63) is 84.9 Å². The fourth-order valence-corrected chi connectivity index (χ4v) is 2.48. The molecule has 27 heavy (non-hydrogen) atoms. The van der Waals surface area contributed by atoms with Crippen molar-refractivity contribution in [3.8, 4) is 11.5 Å². The molecule has 0 radical (unpaired) electrons. The van der Waals surface area contributed by atoms with Crippen molar-refractivity contribution in [1.82, 2.24) is 5.43 Å². The zero-order valence-electron chi connectivity index (χ0n) is 14.8.